The Hall–Kier alpha value is -5.08. The number of phosphoric acid groups is 1. The molecule has 2 amide bonds. The van der Waals surface area contributed by atoms with E-state index >= 15 is 0 Å². The minimum absolute atomic E-state index is 0.0374. The van der Waals surface area contributed by atoms with E-state index in [9.17, 15) is 28.5 Å². The minimum atomic E-state index is -4.53. The molecule has 0 aromatic heterocycles. The van der Waals surface area contributed by atoms with Crippen LogP contribution in [0.25, 0.3) is 0 Å². The molecule has 2 aliphatic heterocycles. The predicted octanol–water partition coefficient (Wildman–Crippen LogP) is 5.57. The van der Waals surface area contributed by atoms with Gasteiger partial charge < -0.3 is 23.5 Å². The van der Waals surface area contributed by atoms with Crippen LogP contribution < -0.4 is 4.52 Å². The molecule has 0 bridgehead atoms. The van der Waals surface area contributed by atoms with Crippen LogP contribution in [-0.2, 0) is 53.6 Å². The first-order chi connectivity index (χ1) is 24.4. The van der Waals surface area contributed by atoms with Crippen LogP contribution >= 0.6 is 7.82 Å². The summed E-state index contributed by atoms with van der Waals surface area (Å²) in [6.07, 6.45) is -6.29. The van der Waals surface area contributed by atoms with E-state index in [-0.39, 0.29) is 37.4 Å². The van der Waals surface area contributed by atoms with Crippen LogP contribution in [0.3, 0.4) is 0 Å². The lowest BCUT2D eigenvalue weighted by molar-refractivity contribution is -0.177. The van der Waals surface area contributed by atoms with E-state index in [1.54, 1.807) is 81.4 Å². The molecule has 5 atom stereocenters. The third-order valence-electron chi connectivity index (χ3n) is 7.44. The summed E-state index contributed by atoms with van der Waals surface area (Å²) >= 11 is 0. The number of esters is 2. The van der Waals surface area contributed by atoms with Crippen LogP contribution in [0.1, 0.15) is 59.9 Å². The standard InChI is InChI=1S/C35H36NO14P/c1-22(2)48-51(42,49-27-16-14-24(15-17-27)20-44-35(41)47-36-29(37)18-19-30(36)38)50-32-28(21-43-33(39)25-10-6-4-7-11-25)45-23(3)31(32)46-34(40)26-12-8-5-9-13-26/h4-17,22-23,28,31-32H,18-21H2,1-3H3/t23-,28+,31?,32?,51?/m0/s1. The Morgan fingerprint density at radius 3 is 2.00 bits per heavy atom. The summed E-state index contributed by atoms with van der Waals surface area (Å²) in [6, 6.07) is 22.3. The summed E-state index contributed by atoms with van der Waals surface area (Å²) in [4.78, 5) is 65.9. The number of carbonyl (C=O) groups excluding carboxylic acids is 5. The van der Waals surface area contributed by atoms with Crippen molar-refractivity contribution < 1.29 is 65.9 Å². The van der Waals surface area contributed by atoms with Gasteiger partial charge in [0, 0.05) is 12.8 Å². The zero-order chi connectivity index (χ0) is 36.5. The number of rotatable bonds is 14. The van der Waals surface area contributed by atoms with E-state index in [2.05, 4.69) is 4.84 Å². The Morgan fingerprint density at radius 2 is 1.41 bits per heavy atom. The number of hydrogen-bond donors (Lipinski definition) is 0. The van der Waals surface area contributed by atoms with Gasteiger partial charge in [0.1, 0.15) is 31.2 Å². The second kappa shape index (κ2) is 16.8. The quantitative estimate of drug-likeness (QED) is 0.0871. The van der Waals surface area contributed by atoms with Crippen molar-refractivity contribution in [3.8, 4) is 5.75 Å². The lowest BCUT2D eigenvalue weighted by Gasteiger charge is -2.28. The van der Waals surface area contributed by atoms with E-state index in [0.29, 0.717) is 16.2 Å². The molecule has 0 saturated carbocycles. The molecule has 51 heavy (non-hydrogen) atoms. The predicted molar refractivity (Wildman–Crippen MR) is 175 cm³/mol. The molecule has 2 saturated heterocycles. The van der Waals surface area contributed by atoms with Gasteiger partial charge in [-0.3, -0.25) is 23.5 Å². The number of carbonyl (C=O) groups is 5. The van der Waals surface area contributed by atoms with E-state index in [4.69, 9.17) is 32.5 Å². The fraction of sp³-hybridized carbons (Fsp3) is 0.343. The molecular weight excluding hydrogens is 689 g/mol. The number of benzene rings is 3. The number of amides is 2. The first-order valence-electron chi connectivity index (χ1n) is 16.0. The van der Waals surface area contributed by atoms with Crippen molar-refractivity contribution in [2.75, 3.05) is 6.61 Å². The molecule has 5 rings (SSSR count). The molecule has 0 radical (unpaired) electrons. The maximum atomic E-state index is 14.3. The lowest BCUT2D eigenvalue weighted by atomic mass is 10.1. The Morgan fingerprint density at radius 1 is 0.824 bits per heavy atom. The first kappa shape index (κ1) is 37.2. The number of hydroxylamine groups is 2. The lowest BCUT2D eigenvalue weighted by Crippen LogP contribution is -2.40. The summed E-state index contributed by atoms with van der Waals surface area (Å²) in [7, 11) is -4.53. The van der Waals surface area contributed by atoms with Crippen LogP contribution in [-0.4, -0.2) is 72.1 Å². The monoisotopic (exact) mass is 725 g/mol. The van der Waals surface area contributed by atoms with E-state index in [0.717, 1.165) is 0 Å². The second-order valence-corrected chi connectivity index (χ2v) is 13.2. The van der Waals surface area contributed by atoms with Gasteiger partial charge in [-0.15, -0.1) is 0 Å². The molecular formula is C35H36NO14P. The molecule has 3 aromatic carbocycles. The average Bonchev–Trinajstić information content (AvgIpc) is 3.58. The Labute approximate surface area is 293 Å². The molecule has 16 heteroatoms. The topological polar surface area (TPSA) is 179 Å². The van der Waals surface area contributed by atoms with E-state index < -0.39 is 68.3 Å². The summed E-state index contributed by atoms with van der Waals surface area (Å²) in [6.45, 7) is 4.22. The minimum Gasteiger partial charge on any atom is -0.459 e. The van der Waals surface area contributed by atoms with Crippen molar-refractivity contribution >= 4 is 37.7 Å². The third-order valence-corrected chi connectivity index (χ3v) is 9.06. The van der Waals surface area contributed by atoms with Gasteiger partial charge in [-0.2, -0.15) is 0 Å². The Kier molecular flexibility index (Phi) is 12.2. The van der Waals surface area contributed by atoms with Gasteiger partial charge in [0.25, 0.3) is 11.8 Å². The van der Waals surface area contributed by atoms with Crippen LogP contribution in [0.5, 0.6) is 5.75 Å². The highest BCUT2D eigenvalue weighted by atomic mass is 31.2. The number of phosphoric ester groups is 1. The van der Waals surface area contributed by atoms with Crippen molar-refractivity contribution in [2.24, 2.45) is 0 Å². The number of imide groups is 1. The molecule has 2 heterocycles. The number of nitrogens with zero attached hydrogens (tertiary/aromatic N) is 1. The van der Waals surface area contributed by atoms with Gasteiger partial charge in [-0.25, -0.2) is 18.9 Å². The second-order valence-electron chi connectivity index (χ2n) is 11.7. The summed E-state index contributed by atoms with van der Waals surface area (Å²) in [5.41, 5.74) is 1.01. The SMILES string of the molecule is CC(C)OP(=O)(Oc1ccc(COC(=O)ON2C(=O)CCC2=O)cc1)OC1C(OC(=O)c2ccccc2)[C@H](C)O[C@@H]1COC(=O)c1ccccc1. The zero-order valence-corrected chi connectivity index (χ0v) is 28.8. The Bertz CT molecular complexity index is 1730. The van der Waals surface area contributed by atoms with Gasteiger partial charge in [-0.1, -0.05) is 53.6 Å². The summed E-state index contributed by atoms with van der Waals surface area (Å²) in [5, 5.41) is 0.368. The Balaban J connectivity index is 1.30. The van der Waals surface area contributed by atoms with Gasteiger partial charge >= 0.3 is 25.9 Å². The zero-order valence-electron chi connectivity index (χ0n) is 27.9. The molecule has 0 spiro atoms. The largest absolute Gasteiger partial charge is 0.534 e. The van der Waals surface area contributed by atoms with Gasteiger partial charge in [0.15, 0.2) is 6.10 Å². The molecule has 3 unspecified atom stereocenters. The smallest absolute Gasteiger partial charge is 0.459 e. The fourth-order valence-electron chi connectivity index (χ4n) is 5.07. The van der Waals surface area contributed by atoms with Crippen molar-refractivity contribution in [3.05, 3.63) is 102 Å². The summed E-state index contributed by atoms with van der Waals surface area (Å²) in [5.74, 6) is -2.58. The number of hydrogen-bond acceptors (Lipinski definition) is 14. The van der Waals surface area contributed by atoms with Gasteiger partial charge in [0.2, 0.25) is 0 Å². The molecule has 2 aliphatic rings. The number of ether oxygens (including phenoxy) is 4. The molecule has 15 nitrogen and oxygen atoms in total. The van der Waals surface area contributed by atoms with Crippen molar-refractivity contribution in [1.82, 2.24) is 5.06 Å². The van der Waals surface area contributed by atoms with Crippen molar-refractivity contribution in [3.63, 3.8) is 0 Å². The molecule has 0 N–H and O–H groups in total. The van der Waals surface area contributed by atoms with Crippen molar-refractivity contribution in [1.29, 1.82) is 0 Å². The van der Waals surface area contributed by atoms with E-state index in [1.807, 2.05) is 0 Å². The average molecular weight is 726 g/mol. The van der Waals surface area contributed by atoms with Gasteiger partial charge in [0.05, 0.1) is 23.3 Å². The maximum Gasteiger partial charge on any atom is 0.534 e. The molecule has 3 aromatic rings. The third kappa shape index (κ3) is 10.0. The normalized spacial score (nSPS) is 21.2. The fourth-order valence-corrected chi connectivity index (χ4v) is 6.65. The summed E-state index contributed by atoms with van der Waals surface area (Å²) < 4.78 is 54.1. The molecule has 270 valence electrons. The van der Waals surface area contributed by atoms with Gasteiger partial charge in [-0.05, 0) is 62.7 Å². The van der Waals surface area contributed by atoms with Crippen LogP contribution in [0.2, 0.25) is 0 Å². The molecule has 2 fully saturated rings. The highest BCUT2D eigenvalue weighted by Crippen LogP contribution is 2.53. The highest BCUT2D eigenvalue weighted by molar-refractivity contribution is 7.49. The van der Waals surface area contributed by atoms with E-state index in [1.165, 1.54) is 24.3 Å². The maximum absolute atomic E-state index is 14.3. The van der Waals surface area contributed by atoms with Crippen LogP contribution in [0.4, 0.5) is 4.79 Å². The van der Waals surface area contributed by atoms with Crippen LogP contribution in [0.15, 0.2) is 84.9 Å². The van der Waals surface area contributed by atoms with Crippen LogP contribution in [0, 0.1) is 0 Å². The first-order valence-corrected chi connectivity index (χ1v) is 17.5. The molecule has 0 aliphatic carbocycles. The van der Waals surface area contributed by atoms with Crippen molar-refractivity contribution in [2.45, 2.75) is 70.7 Å². The highest BCUT2D eigenvalue weighted by Gasteiger charge is 2.51.